The van der Waals surface area contributed by atoms with Gasteiger partial charge in [-0.2, -0.15) is 0 Å². The third-order valence-electron chi connectivity index (χ3n) is 5.83. The molecular weight excluding hydrogens is 440 g/mol. The Hall–Kier alpha value is -2.25. The molecule has 33 heavy (non-hydrogen) atoms. The smallest absolute Gasteiger partial charge is 0.336 e. The minimum Gasteiger partial charge on any atom is -0.496 e. The highest BCUT2D eigenvalue weighted by molar-refractivity contribution is 5.87. The molecule has 0 aliphatic carbocycles. The highest BCUT2D eigenvalue weighted by Gasteiger charge is 2.47. The van der Waals surface area contributed by atoms with E-state index in [1.807, 2.05) is 0 Å². The van der Waals surface area contributed by atoms with Gasteiger partial charge in [0.2, 0.25) is 0 Å². The zero-order chi connectivity index (χ0) is 24.5. The van der Waals surface area contributed by atoms with Gasteiger partial charge in [-0.3, -0.25) is 0 Å². The van der Waals surface area contributed by atoms with Gasteiger partial charge >= 0.3 is 5.63 Å². The lowest BCUT2D eigenvalue weighted by atomic mass is 9.92. The maximum atomic E-state index is 11.6. The van der Waals surface area contributed by atoms with Crippen LogP contribution in [0.4, 0.5) is 0 Å². The van der Waals surface area contributed by atoms with Crippen molar-refractivity contribution in [1.29, 1.82) is 0 Å². The lowest BCUT2D eigenvalue weighted by molar-refractivity contribution is -0.331. The lowest BCUT2D eigenvalue weighted by Gasteiger charge is -2.43. The molecule has 1 aromatic heterocycles. The molecule has 0 unspecified atom stereocenters. The topological polar surface area (TPSA) is 168 Å². The molecule has 0 spiro atoms. The first-order valence-corrected chi connectivity index (χ1v) is 10.4. The van der Waals surface area contributed by atoms with Crippen molar-refractivity contribution >= 4 is 11.0 Å². The molecule has 0 bridgehead atoms. The Morgan fingerprint density at radius 2 is 1.79 bits per heavy atom. The maximum absolute atomic E-state index is 11.6. The van der Waals surface area contributed by atoms with E-state index < -0.39 is 54.6 Å². The molecule has 3 rings (SSSR count). The summed E-state index contributed by atoms with van der Waals surface area (Å²) in [7, 11) is 2.86. The number of rotatable bonds is 8. The molecule has 2 heterocycles. The summed E-state index contributed by atoms with van der Waals surface area (Å²) < 4.78 is 27.3. The van der Waals surface area contributed by atoms with Gasteiger partial charge in [0.1, 0.15) is 41.5 Å². The fourth-order valence-electron chi connectivity index (χ4n) is 3.80. The second-order valence-electron chi connectivity index (χ2n) is 8.40. The van der Waals surface area contributed by atoms with Gasteiger partial charge in [-0.15, -0.1) is 0 Å². The number of benzene rings is 1. The summed E-state index contributed by atoms with van der Waals surface area (Å²) in [6.07, 6.45) is -8.52. The van der Waals surface area contributed by atoms with E-state index in [-0.39, 0.29) is 12.0 Å². The Balaban J connectivity index is 1.88. The fourth-order valence-corrected chi connectivity index (χ4v) is 3.80. The van der Waals surface area contributed by atoms with Gasteiger partial charge in [0.05, 0.1) is 37.9 Å². The monoisotopic (exact) mass is 470 g/mol. The molecule has 6 atom stereocenters. The van der Waals surface area contributed by atoms with E-state index in [4.69, 9.17) is 23.4 Å². The normalized spacial score (nSPS) is 26.9. The Bertz CT molecular complexity index is 1020. The molecule has 1 aliphatic rings. The van der Waals surface area contributed by atoms with E-state index in [0.29, 0.717) is 22.4 Å². The largest absolute Gasteiger partial charge is 0.496 e. The number of fused-ring (bicyclic) bond motifs is 1. The number of aliphatic hydroxyl groups excluding tert-OH is 5. The molecule has 1 fully saturated rings. The summed E-state index contributed by atoms with van der Waals surface area (Å²) >= 11 is 0. The number of aliphatic hydroxyl groups is 5. The predicted octanol–water partition coefficient (Wildman–Crippen LogP) is -0.691. The third kappa shape index (κ3) is 4.99. The van der Waals surface area contributed by atoms with Gasteiger partial charge in [-0.25, -0.2) is 4.79 Å². The van der Waals surface area contributed by atoms with Crippen LogP contribution in [0.3, 0.4) is 0 Å². The first-order chi connectivity index (χ1) is 15.5. The number of ether oxygens (including phenoxy) is 4. The molecule has 0 radical (unpaired) electrons. The zero-order valence-electron chi connectivity index (χ0n) is 18.8. The minimum absolute atomic E-state index is 0.0220. The molecule has 11 nitrogen and oxygen atoms in total. The van der Waals surface area contributed by atoms with Crippen molar-refractivity contribution in [1.82, 2.24) is 0 Å². The SMILES string of the molecule is COc1cc2oc(=O)ccc2c(OC)c1C[C@H](O)C(C)(C)O[C@H]1O[C@H](CO)[C@@H](O)[C@H](O)[C@H]1O. The lowest BCUT2D eigenvalue weighted by Crippen LogP contribution is -2.61. The molecular formula is C22H30O11. The molecule has 184 valence electrons. The standard InChI is InChI=1S/C22H30O11/c1-22(2,33-21-19(28)18(27)17(26)14(9-23)32-21)15(24)7-11-12(29-3)8-13-10(20(11)30-4)5-6-16(25)31-13/h5-6,8,14-15,17-19,21,23-24,26-28H,7,9H2,1-4H3/t14-,15+,17-,18+,19-,21-/m1/s1. The second kappa shape index (κ2) is 9.94. The molecule has 1 saturated heterocycles. The van der Waals surface area contributed by atoms with Crippen molar-refractivity contribution in [2.75, 3.05) is 20.8 Å². The van der Waals surface area contributed by atoms with Crippen LogP contribution in [0.2, 0.25) is 0 Å². The molecule has 1 aliphatic heterocycles. The van der Waals surface area contributed by atoms with Crippen LogP contribution in [-0.2, 0) is 15.9 Å². The van der Waals surface area contributed by atoms with Gasteiger partial charge < -0.3 is 48.9 Å². The van der Waals surface area contributed by atoms with E-state index >= 15 is 0 Å². The minimum atomic E-state index is -1.61. The van der Waals surface area contributed by atoms with Crippen LogP contribution in [0, 0.1) is 0 Å². The van der Waals surface area contributed by atoms with Crippen LogP contribution in [0.25, 0.3) is 11.0 Å². The summed E-state index contributed by atoms with van der Waals surface area (Å²) in [4.78, 5) is 11.6. The van der Waals surface area contributed by atoms with Crippen molar-refractivity contribution in [3.8, 4) is 11.5 Å². The van der Waals surface area contributed by atoms with Crippen LogP contribution in [0.15, 0.2) is 27.4 Å². The summed E-state index contributed by atoms with van der Waals surface area (Å²) in [5, 5.41) is 51.1. The van der Waals surface area contributed by atoms with Crippen molar-refractivity contribution in [3.05, 3.63) is 34.2 Å². The number of methoxy groups -OCH3 is 2. The molecule has 2 aromatic rings. The van der Waals surface area contributed by atoms with Gasteiger partial charge in [0.15, 0.2) is 6.29 Å². The Labute approximate surface area is 189 Å². The summed E-state index contributed by atoms with van der Waals surface area (Å²) in [6, 6.07) is 4.32. The first-order valence-electron chi connectivity index (χ1n) is 10.4. The predicted molar refractivity (Wildman–Crippen MR) is 114 cm³/mol. The maximum Gasteiger partial charge on any atom is 0.336 e. The second-order valence-corrected chi connectivity index (χ2v) is 8.40. The average molecular weight is 470 g/mol. The van der Waals surface area contributed by atoms with Crippen LogP contribution >= 0.6 is 0 Å². The highest BCUT2D eigenvalue weighted by Crippen LogP contribution is 2.39. The fraction of sp³-hybridized carbons (Fsp3) is 0.591. The van der Waals surface area contributed by atoms with Gasteiger partial charge in [-0.05, 0) is 19.9 Å². The van der Waals surface area contributed by atoms with Crippen LogP contribution in [0.5, 0.6) is 11.5 Å². The first kappa shape index (κ1) is 25.4. The Morgan fingerprint density at radius 3 is 2.39 bits per heavy atom. The average Bonchev–Trinajstić information content (AvgIpc) is 2.78. The molecule has 0 amide bonds. The van der Waals surface area contributed by atoms with E-state index in [9.17, 15) is 30.3 Å². The quantitative estimate of drug-likeness (QED) is 0.310. The Kier molecular flexibility index (Phi) is 7.64. The molecule has 11 heteroatoms. The van der Waals surface area contributed by atoms with Crippen LogP contribution < -0.4 is 15.1 Å². The number of hydrogen-bond acceptors (Lipinski definition) is 11. The Morgan fingerprint density at radius 1 is 1.09 bits per heavy atom. The zero-order valence-corrected chi connectivity index (χ0v) is 18.8. The number of hydrogen-bond donors (Lipinski definition) is 5. The van der Waals surface area contributed by atoms with E-state index in [0.717, 1.165) is 0 Å². The van der Waals surface area contributed by atoms with Crippen molar-refractivity contribution < 1.29 is 48.9 Å². The summed E-state index contributed by atoms with van der Waals surface area (Å²) in [5.74, 6) is 0.659. The van der Waals surface area contributed by atoms with E-state index in [1.165, 1.54) is 26.4 Å². The van der Waals surface area contributed by atoms with E-state index in [1.54, 1.807) is 19.9 Å². The van der Waals surface area contributed by atoms with Gasteiger partial charge in [0, 0.05) is 24.1 Å². The molecule has 1 aromatic carbocycles. The van der Waals surface area contributed by atoms with Crippen molar-refractivity contribution in [3.63, 3.8) is 0 Å². The third-order valence-corrected chi connectivity index (χ3v) is 5.83. The molecule has 0 saturated carbocycles. The summed E-state index contributed by atoms with van der Waals surface area (Å²) in [6.45, 7) is 2.51. The highest BCUT2D eigenvalue weighted by atomic mass is 16.7. The van der Waals surface area contributed by atoms with E-state index in [2.05, 4.69) is 0 Å². The van der Waals surface area contributed by atoms with Crippen LogP contribution in [-0.4, -0.2) is 88.8 Å². The summed E-state index contributed by atoms with van der Waals surface area (Å²) in [5.41, 5.74) is -1.12. The van der Waals surface area contributed by atoms with Crippen molar-refractivity contribution in [2.24, 2.45) is 0 Å². The van der Waals surface area contributed by atoms with Crippen LogP contribution in [0.1, 0.15) is 19.4 Å². The molecule has 5 N–H and O–H groups in total. The van der Waals surface area contributed by atoms with Gasteiger partial charge in [-0.1, -0.05) is 0 Å². The van der Waals surface area contributed by atoms with Crippen molar-refractivity contribution in [2.45, 2.75) is 62.7 Å². The van der Waals surface area contributed by atoms with Gasteiger partial charge in [0.25, 0.3) is 0 Å².